The van der Waals surface area contributed by atoms with Gasteiger partial charge in [0.1, 0.15) is 6.33 Å². The van der Waals surface area contributed by atoms with Crippen LogP contribution in [-0.4, -0.2) is 32.0 Å². The van der Waals surface area contributed by atoms with Gasteiger partial charge in [0.25, 0.3) is 0 Å². The molecule has 0 bridgehead atoms. The summed E-state index contributed by atoms with van der Waals surface area (Å²) in [6.45, 7) is 0.502. The number of rotatable bonds is 6. The van der Waals surface area contributed by atoms with Crippen molar-refractivity contribution in [3.8, 4) is 0 Å². The molecule has 0 atom stereocenters. The SMILES string of the molecule is CSc1ncnn1Cc1ccccc1C(=O)c1cnoc1C1CC1. The van der Waals surface area contributed by atoms with Crippen LogP contribution in [0.15, 0.2) is 46.5 Å². The van der Waals surface area contributed by atoms with E-state index in [1.807, 2.05) is 30.5 Å². The van der Waals surface area contributed by atoms with E-state index in [-0.39, 0.29) is 5.78 Å². The van der Waals surface area contributed by atoms with Gasteiger partial charge in [0, 0.05) is 11.5 Å². The summed E-state index contributed by atoms with van der Waals surface area (Å²) in [5.74, 6) is 1.02. The van der Waals surface area contributed by atoms with Gasteiger partial charge in [-0.2, -0.15) is 5.10 Å². The van der Waals surface area contributed by atoms with Gasteiger partial charge in [0.15, 0.2) is 16.7 Å². The number of hydrogen-bond donors (Lipinski definition) is 0. The fraction of sp³-hybridized carbons (Fsp3) is 0.294. The minimum absolute atomic E-state index is 0.0421. The Morgan fingerprint density at radius 3 is 2.96 bits per heavy atom. The monoisotopic (exact) mass is 340 g/mol. The van der Waals surface area contributed by atoms with Crippen molar-refractivity contribution in [3.63, 3.8) is 0 Å². The van der Waals surface area contributed by atoms with Crippen molar-refractivity contribution in [1.29, 1.82) is 0 Å². The molecule has 0 saturated heterocycles. The second-order valence-corrected chi connectivity index (χ2v) is 6.54. The fourth-order valence-electron chi connectivity index (χ4n) is 2.77. The van der Waals surface area contributed by atoms with Crippen LogP contribution < -0.4 is 0 Å². The van der Waals surface area contributed by atoms with Crippen LogP contribution in [0.4, 0.5) is 0 Å². The normalized spacial score (nSPS) is 14.0. The summed E-state index contributed by atoms with van der Waals surface area (Å²) in [6, 6.07) is 7.59. The van der Waals surface area contributed by atoms with Gasteiger partial charge in [0.2, 0.25) is 0 Å². The van der Waals surface area contributed by atoms with E-state index < -0.39 is 0 Å². The Balaban J connectivity index is 1.68. The van der Waals surface area contributed by atoms with Gasteiger partial charge in [-0.25, -0.2) is 9.67 Å². The summed E-state index contributed by atoms with van der Waals surface area (Å²) in [5.41, 5.74) is 2.14. The zero-order valence-electron chi connectivity index (χ0n) is 13.2. The third-order valence-corrected chi connectivity index (χ3v) is 4.82. The molecule has 6 nitrogen and oxygen atoms in total. The molecular formula is C17H16N4O2S. The standard InChI is InChI=1S/C17H16N4O2S/c1-24-17-18-10-19-21(17)9-12-4-2-3-5-13(12)15(22)14-8-20-23-16(14)11-6-7-11/h2-5,8,10-11H,6-7,9H2,1H3. The van der Waals surface area contributed by atoms with E-state index in [1.165, 1.54) is 24.3 Å². The Labute approximate surface area is 143 Å². The van der Waals surface area contributed by atoms with Gasteiger partial charge >= 0.3 is 0 Å². The summed E-state index contributed by atoms with van der Waals surface area (Å²) >= 11 is 1.53. The molecule has 1 aromatic carbocycles. The molecule has 1 saturated carbocycles. The van der Waals surface area contributed by atoms with E-state index in [4.69, 9.17) is 4.52 Å². The molecule has 1 fully saturated rings. The zero-order valence-corrected chi connectivity index (χ0v) is 14.0. The van der Waals surface area contributed by atoms with Crippen LogP contribution in [-0.2, 0) is 6.54 Å². The first kappa shape index (κ1) is 15.1. The molecule has 7 heteroatoms. The maximum absolute atomic E-state index is 13.0. The van der Waals surface area contributed by atoms with Crippen molar-refractivity contribution in [1.82, 2.24) is 19.9 Å². The first-order valence-electron chi connectivity index (χ1n) is 7.77. The Bertz CT molecular complexity index is 882. The van der Waals surface area contributed by atoms with Crippen LogP contribution in [0.1, 0.15) is 46.0 Å². The van der Waals surface area contributed by atoms with Crippen LogP contribution in [0.5, 0.6) is 0 Å². The van der Waals surface area contributed by atoms with E-state index in [0.717, 1.165) is 29.3 Å². The van der Waals surface area contributed by atoms with Gasteiger partial charge in [-0.05, 0) is 24.7 Å². The molecule has 0 unspecified atom stereocenters. The molecule has 0 aliphatic heterocycles. The third kappa shape index (κ3) is 2.75. The number of nitrogens with zero attached hydrogens (tertiary/aromatic N) is 4. The molecular weight excluding hydrogens is 324 g/mol. The second-order valence-electron chi connectivity index (χ2n) is 5.77. The van der Waals surface area contributed by atoms with Gasteiger partial charge in [0.05, 0.1) is 18.3 Å². The molecule has 1 aliphatic rings. The first-order valence-corrected chi connectivity index (χ1v) is 8.99. The number of carbonyl (C=O) groups excluding carboxylic acids is 1. The van der Waals surface area contributed by atoms with Crippen molar-refractivity contribution in [2.45, 2.75) is 30.5 Å². The highest BCUT2D eigenvalue weighted by atomic mass is 32.2. The largest absolute Gasteiger partial charge is 0.360 e. The van der Waals surface area contributed by atoms with Crippen LogP contribution in [0.25, 0.3) is 0 Å². The van der Waals surface area contributed by atoms with Gasteiger partial charge < -0.3 is 4.52 Å². The maximum atomic E-state index is 13.0. The minimum atomic E-state index is -0.0421. The van der Waals surface area contributed by atoms with Crippen molar-refractivity contribution in [3.05, 3.63) is 59.2 Å². The molecule has 4 rings (SSSR count). The van der Waals surface area contributed by atoms with Crippen molar-refractivity contribution in [2.75, 3.05) is 6.26 Å². The molecule has 2 heterocycles. The summed E-state index contributed by atoms with van der Waals surface area (Å²) in [7, 11) is 0. The van der Waals surface area contributed by atoms with E-state index in [2.05, 4.69) is 15.2 Å². The topological polar surface area (TPSA) is 73.8 Å². The molecule has 0 N–H and O–H groups in total. The highest BCUT2D eigenvalue weighted by molar-refractivity contribution is 7.98. The molecule has 0 spiro atoms. The van der Waals surface area contributed by atoms with Crippen molar-refractivity contribution < 1.29 is 9.32 Å². The number of aromatic nitrogens is 4. The number of hydrogen-bond acceptors (Lipinski definition) is 6. The van der Waals surface area contributed by atoms with Crippen molar-refractivity contribution >= 4 is 17.5 Å². The molecule has 1 aliphatic carbocycles. The van der Waals surface area contributed by atoms with E-state index >= 15 is 0 Å². The quantitative estimate of drug-likeness (QED) is 0.507. The molecule has 0 amide bonds. The minimum Gasteiger partial charge on any atom is -0.360 e. The van der Waals surface area contributed by atoms with Gasteiger partial charge in [-0.1, -0.05) is 41.2 Å². The predicted molar refractivity (Wildman–Crippen MR) is 89.3 cm³/mol. The average Bonchev–Trinajstić information content (AvgIpc) is 3.16. The van der Waals surface area contributed by atoms with Crippen molar-refractivity contribution in [2.24, 2.45) is 0 Å². The first-order chi connectivity index (χ1) is 11.8. The van der Waals surface area contributed by atoms with Crippen LogP contribution in [0.3, 0.4) is 0 Å². The Kier molecular flexibility index (Phi) is 3.93. The van der Waals surface area contributed by atoms with Crippen LogP contribution in [0, 0.1) is 0 Å². The Morgan fingerprint density at radius 2 is 2.17 bits per heavy atom. The third-order valence-electron chi connectivity index (χ3n) is 4.14. The number of thioether (sulfide) groups is 1. The lowest BCUT2D eigenvalue weighted by Gasteiger charge is -2.09. The van der Waals surface area contributed by atoms with Gasteiger partial charge in [-0.3, -0.25) is 4.79 Å². The summed E-state index contributed by atoms with van der Waals surface area (Å²) in [4.78, 5) is 17.2. The highest BCUT2D eigenvalue weighted by Gasteiger charge is 2.33. The molecule has 24 heavy (non-hydrogen) atoms. The zero-order chi connectivity index (χ0) is 16.5. The molecule has 122 valence electrons. The number of benzene rings is 1. The van der Waals surface area contributed by atoms with Crippen LogP contribution in [0.2, 0.25) is 0 Å². The average molecular weight is 340 g/mol. The Hall–Kier alpha value is -2.41. The highest BCUT2D eigenvalue weighted by Crippen LogP contribution is 2.42. The van der Waals surface area contributed by atoms with E-state index in [9.17, 15) is 4.79 Å². The smallest absolute Gasteiger partial charge is 0.198 e. The van der Waals surface area contributed by atoms with E-state index in [0.29, 0.717) is 23.6 Å². The summed E-state index contributed by atoms with van der Waals surface area (Å²) < 4.78 is 7.11. The maximum Gasteiger partial charge on any atom is 0.198 e. The summed E-state index contributed by atoms with van der Waals surface area (Å²) in [6.07, 6.45) is 7.15. The molecule has 2 aromatic heterocycles. The van der Waals surface area contributed by atoms with E-state index in [1.54, 1.807) is 4.68 Å². The van der Waals surface area contributed by atoms with Crippen LogP contribution >= 0.6 is 11.8 Å². The number of ketones is 1. The Morgan fingerprint density at radius 1 is 1.33 bits per heavy atom. The lowest BCUT2D eigenvalue weighted by molar-refractivity contribution is 0.103. The second kappa shape index (κ2) is 6.24. The lowest BCUT2D eigenvalue weighted by Crippen LogP contribution is -2.11. The summed E-state index contributed by atoms with van der Waals surface area (Å²) in [5, 5.41) is 8.90. The predicted octanol–water partition coefficient (Wildman–Crippen LogP) is 3.14. The fourth-order valence-corrected chi connectivity index (χ4v) is 3.24. The lowest BCUT2D eigenvalue weighted by atomic mass is 9.98. The van der Waals surface area contributed by atoms with Gasteiger partial charge in [-0.15, -0.1) is 0 Å². The number of carbonyl (C=O) groups is 1. The molecule has 0 radical (unpaired) electrons. The molecule has 3 aromatic rings.